The Hall–Kier alpha value is -0.100. The van der Waals surface area contributed by atoms with Gasteiger partial charge in [-0.25, -0.2) is 0 Å². The van der Waals surface area contributed by atoms with Crippen molar-refractivity contribution < 1.29 is 4.79 Å². The normalized spacial score (nSPS) is 10.5. The molecule has 0 aliphatic rings. The highest BCUT2D eigenvalue weighted by molar-refractivity contribution is 14.1. The maximum absolute atomic E-state index is 12.3. The maximum atomic E-state index is 12.3. The summed E-state index contributed by atoms with van der Waals surface area (Å²) in [4.78, 5) is 12.3. The van der Waals surface area contributed by atoms with Gasteiger partial charge >= 0.3 is 0 Å². The number of benzene rings is 2. The number of hydrogen-bond acceptors (Lipinski definition) is 1. The molecule has 98 valence electrons. The molecule has 0 N–H and O–H groups in total. The highest BCUT2D eigenvalue weighted by Gasteiger charge is 2.13. The number of rotatable bonds is 3. The summed E-state index contributed by atoms with van der Waals surface area (Å²) in [6, 6.07) is 10.8. The van der Waals surface area contributed by atoms with E-state index in [1.165, 1.54) is 0 Å². The monoisotopic (exact) mass is 468 g/mol. The van der Waals surface area contributed by atoms with E-state index in [-0.39, 0.29) is 12.2 Å². The summed E-state index contributed by atoms with van der Waals surface area (Å²) in [6.45, 7) is 0. The molecule has 0 saturated carbocycles. The Morgan fingerprint density at radius 2 is 1.89 bits per heavy atom. The second kappa shape index (κ2) is 6.57. The molecule has 19 heavy (non-hydrogen) atoms. The molecule has 0 amide bonds. The van der Waals surface area contributed by atoms with Gasteiger partial charge in [-0.2, -0.15) is 0 Å². The molecule has 0 fully saturated rings. The van der Waals surface area contributed by atoms with Crippen molar-refractivity contribution in [2.24, 2.45) is 0 Å². The Morgan fingerprint density at radius 3 is 2.63 bits per heavy atom. The molecular formula is C14H8BrCl2IO. The minimum Gasteiger partial charge on any atom is -0.294 e. The van der Waals surface area contributed by atoms with Crippen LogP contribution in [0.1, 0.15) is 15.9 Å². The van der Waals surface area contributed by atoms with E-state index in [4.69, 9.17) is 23.2 Å². The number of Topliss-reactive ketones (excluding diaryl/α,β-unsaturated/α-hetero) is 1. The molecule has 0 saturated heterocycles. The summed E-state index contributed by atoms with van der Waals surface area (Å²) in [6.07, 6.45) is 0.242. The molecule has 0 radical (unpaired) electrons. The highest BCUT2D eigenvalue weighted by Crippen LogP contribution is 2.24. The van der Waals surface area contributed by atoms with Gasteiger partial charge < -0.3 is 0 Å². The van der Waals surface area contributed by atoms with Crippen molar-refractivity contribution in [1.82, 2.24) is 0 Å². The Labute approximate surface area is 143 Å². The minimum absolute atomic E-state index is 0.0230. The van der Waals surface area contributed by atoms with Gasteiger partial charge in [-0.05, 0) is 64.6 Å². The van der Waals surface area contributed by atoms with Crippen LogP contribution in [0, 0.1) is 3.57 Å². The van der Waals surface area contributed by atoms with Crippen LogP contribution in [0.2, 0.25) is 10.0 Å². The van der Waals surface area contributed by atoms with E-state index in [0.29, 0.717) is 15.6 Å². The van der Waals surface area contributed by atoms with E-state index in [2.05, 4.69) is 38.5 Å². The number of carbonyl (C=O) groups is 1. The zero-order valence-electron chi connectivity index (χ0n) is 9.59. The van der Waals surface area contributed by atoms with Crippen LogP contribution >= 0.6 is 61.7 Å². The third kappa shape index (κ3) is 3.94. The molecule has 0 aromatic heterocycles. The Bertz CT molecular complexity index is 643. The molecule has 0 unspecified atom stereocenters. The van der Waals surface area contributed by atoms with Gasteiger partial charge in [-0.3, -0.25) is 4.79 Å². The first-order chi connectivity index (χ1) is 8.97. The Kier molecular flexibility index (Phi) is 5.29. The van der Waals surface area contributed by atoms with Crippen LogP contribution < -0.4 is 0 Å². The predicted octanol–water partition coefficient (Wildman–Crippen LogP) is 5.79. The molecule has 0 spiro atoms. The SMILES string of the molecule is O=C(Cc1cc(Cl)ccc1Cl)c1cc(Br)ccc1I. The predicted molar refractivity (Wildman–Crippen MR) is 91.4 cm³/mol. The lowest BCUT2D eigenvalue weighted by molar-refractivity contribution is 0.0992. The first-order valence-electron chi connectivity index (χ1n) is 5.39. The second-order valence-corrected chi connectivity index (χ2v) is 6.88. The van der Waals surface area contributed by atoms with Crippen LogP contribution in [0.25, 0.3) is 0 Å². The van der Waals surface area contributed by atoms with Gasteiger partial charge in [-0.15, -0.1) is 0 Å². The first kappa shape index (κ1) is 15.3. The molecule has 2 aromatic rings. The zero-order chi connectivity index (χ0) is 14.0. The molecule has 1 nitrogen and oxygen atoms in total. The number of hydrogen-bond donors (Lipinski definition) is 0. The minimum atomic E-state index is 0.0230. The van der Waals surface area contributed by atoms with E-state index < -0.39 is 0 Å². The van der Waals surface area contributed by atoms with Crippen molar-refractivity contribution in [3.63, 3.8) is 0 Å². The summed E-state index contributed by atoms with van der Waals surface area (Å²) in [7, 11) is 0. The molecule has 2 rings (SSSR count). The second-order valence-electron chi connectivity index (χ2n) is 3.96. The van der Waals surface area contributed by atoms with Gasteiger partial charge in [0.1, 0.15) is 0 Å². The quantitative estimate of drug-likeness (QED) is 0.411. The van der Waals surface area contributed by atoms with Gasteiger partial charge in [-0.1, -0.05) is 39.1 Å². The number of halogens is 4. The smallest absolute Gasteiger partial charge is 0.168 e. The van der Waals surface area contributed by atoms with Gasteiger partial charge in [0, 0.05) is 30.1 Å². The van der Waals surface area contributed by atoms with Crippen molar-refractivity contribution in [3.05, 3.63) is 65.6 Å². The number of carbonyl (C=O) groups excluding carboxylic acids is 1. The Balaban J connectivity index is 2.30. The third-order valence-corrected chi connectivity index (χ3v) is 4.63. The van der Waals surface area contributed by atoms with Crippen LogP contribution in [0.15, 0.2) is 40.9 Å². The van der Waals surface area contributed by atoms with Crippen LogP contribution in [0.5, 0.6) is 0 Å². The molecule has 0 aliphatic heterocycles. The van der Waals surface area contributed by atoms with Crippen LogP contribution in [0.3, 0.4) is 0 Å². The highest BCUT2D eigenvalue weighted by atomic mass is 127. The van der Waals surface area contributed by atoms with E-state index in [1.807, 2.05) is 18.2 Å². The van der Waals surface area contributed by atoms with Crippen molar-refractivity contribution in [1.29, 1.82) is 0 Å². The fourth-order valence-electron chi connectivity index (χ4n) is 1.66. The van der Waals surface area contributed by atoms with Gasteiger partial charge in [0.25, 0.3) is 0 Å². The molecule has 0 heterocycles. The lowest BCUT2D eigenvalue weighted by Crippen LogP contribution is -2.06. The van der Waals surface area contributed by atoms with E-state index >= 15 is 0 Å². The number of ketones is 1. The van der Waals surface area contributed by atoms with Crippen LogP contribution in [-0.2, 0) is 6.42 Å². The van der Waals surface area contributed by atoms with Crippen LogP contribution in [0.4, 0.5) is 0 Å². The summed E-state index contributed by atoms with van der Waals surface area (Å²) >= 11 is 17.5. The van der Waals surface area contributed by atoms with Crippen LogP contribution in [-0.4, -0.2) is 5.78 Å². The summed E-state index contributed by atoms with van der Waals surface area (Å²) in [5.74, 6) is 0.0230. The molecule has 0 aliphatic carbocycles. The van der Waals surface area contributed by atoms with E-state index in [9.17, 15) is 4.79 Å². The van der Waals surface area contributed by atoms with Gasteiger partial charge in [0.05, 0.1) is 0 Å². The zero-order valence-corrected chi connectivity index (χ0v) is 14.8. The third-order valence-electron chi connectivity index (χ3n) is 2.59. The van der Waals surface area contributed by atoms with Crippen molar-refractivity contribution >= 4 is 67.5 Å². The summed E-state index contributed by atoms with van der Waals surface area (Å²) in [5.41, 5.74) is 1.43. The average molecular weight is 470 g/mol. The molecule has 2 aromatic carbocycles. The van der Waals surface area contributed by atoms with Crippen molar-refractivity contribution in [3.8, 4) is 0 Å². The summed E-state index contributed by atoms with van der Waals surface area (Å²) < 4.78 is 1.80. The van der Waals surface area contributed by atoms with Gasteiger partial charge in [0.15, 0.2) is 5.78 Å². The fraction of sp³-hybridized carbons (Fsp3) is 0.0714. The lowest BCUT2D eigenvalue weighted by Gasteiger charge is -2.07. The van der Waals surface area contributed by atoms with Gasteiger partial charge in [0.2, 0.25) is 0 Å². The topological polar surface area (TPSA) is 17.1 Å². The first-order valence-corrected chi connectivity index (χ1v) is 8.02. The Morgan fingerprint density at radius 1 is 1.16 bits per heavy atom. The fourth-order valence-corrected chi connectivity index (χ4v) is 3.03. The van der Waals surface area contributed by atoms with Crippen molar-refractivity contribution in [2.75, 3.05) is 0 Å². The molecule has 0 bridgehead atoms. The maximum Gasteiger partial charge on any atom is 0.168 e. The molecule has 5 heteroatoms. The van der Waals surface area contributed by atoms with E-state index in [0.717, 1.165) is 13.6 Å². The lowest BCUT2D eigenvalue weighted by atomic mass is 10.0. The molecular weight excluding hydrogens is 462 g/mol. The van der Waals surface area contributed by atoms with E-state index in [1.54, 1.807) is 18.2 Å². The summed E-state index contributed by atoms with van der Waals surface area (Å²) in [5, 5.41) is 1.14. The average Bonchev–Trinajstić information content (AvgIpc) is 2.36. The van der Waals surface area contributed by atoms with Crippen molar-refractivity contribution in [2.45, 2.75) is 6.42 Å². The standard InChI is InChI=1S/C14H8BrCl2IO/c15-9-1-4-13(18)11(7-9)14(19)6-8-5-10(16)2-3-12(8)17/h1-5,7H,6H2. The molecule has 0 atom stereocenters. The largest absolute Gasteiger partial charge is 0.294 e.